The molecule has 0 aliphatic heterocycles. The van der Waals surface area contributed by atoms with Crippen molar-refractivity contribution in [1.29, 1.82) is 0 Å². The lowest BCUT2D eigenvalue weighted by molar-refractivity contribution is 0.0952. The molecular weight excluding hydrogens is 336 g/mol. The Balaban J connectivity index is 1.66. The zero-order chi connectivity index (χ0) is 18.9. The highest BCUT2D eigenvalue weighted by Gasteiger charge is 2.12. The van der Waals surface area contributed by atoms with Crippen molar-refractivity contribution in [3.63, 3.8) is 0 Å². The number of rotatable bonds is 2. The monoisotopic (exact) mass is 366 g/mol. The predicted octanol–water partition coefficient (Wildman–Crippen LogP) is 5.94. The fourth-order valence-electron chi connectivity index (χ4n) is 3.73. The third-order valence-electron chi connectivity index (χ3n) is 5.35. The number of hydrogen-bond acceptors (Lipinski definition) is 3. The average Bonchev–Trinajstić information content (AvgIpc) is 2.67. The van der Waals surface area contributed by atoms with E-state index in [9.17, 15) is 9.90 Å². The Morgan fingerprint density at radius 2 is 1.33 bits per heavy atom. The van der Waals surface area contributed by atoms with E-state index < -0.39 is 0 Å². The van der Waals surface area contributed by atoms with Gasteiger partial charge < -0.3 is 5.11 Å². The summed E-state index contributed by atoms with van der Waals surface area (Å²) in [5.41, 5.74) is 4.02. The van der Waals surface area contributed by atoms with Gasteiger partial charge in [-0.2, -0.15) is 5.10 Å². The van der Waals surface area contributed by atoms with Crippen LogP contribution >= 0.6 is 0 Å². The Morgan fingerprint density at radius 3 is 1.93 bits per heavy atom. The molecule has 1 amide bonds. The number of phenols is 1. The predicted molar refractivity (Wildman–Crippen MR) is 111 cm³/mol. The molecule has 4 heteroatoms. The van der Waals surface area contributed by atoms with E-state index in [1.165, 1.54) is 44.9 Å². The van der Waals surface area contributed by atoms with Crippen LogP contribution in [0.2, 0.25) is 0 Å². The van der Waals surface area contributed by atoms with Crippen LogP contribution in [0.15, 0.2) is 41.5 Å². The first-order chi connectivity index (χ1) is 13.2. The zero-order valence-electron chi connectivity index (χ0n) is 16.0. The molecule has 0 bridgehead atoms. The van der Waals surface area contributed by atoms with Crippen molar-refractivity contribution in [2.45, 2.75) is 70.6 Å². The fourth-order valence-corrected chi connectivity index (χ4v) is 3.73. The Morgan fingerprint density at radius 1 is 0.815 bits per heavy atom. The quantitative estimate of drug-likeness (QED) is 0.647. The average molecular weight is 367 g/mol. The Hall–Kier alpha value is -2.36. The molecule has 1 fully saturated rings. The summed E-state index contributed by atoms with van der Waals surface area (Å²) in [5, 5.41) is 16.5. The van der Waals surface area contributed by atoms with Crippen LogP contribution in [0.5, 0.6) is 5.75 Å². The lowest BCUT2D eigenvalue weighted by atomic mass is 10.00. The van der Waals surface area contributed by atoms with E-state index in [1.807, 2.05) is 24.3 Å². The van der Waals surface area contributed by atoms with Crippen LogP contribution in [0.1, 0.15) is 81.0 Å². The second-order valence-electron chi connectivity index (χ2n) is 7.52. The Kier molecular flexibility index (Phi) is 7.26. The van der Waals surface area contributed by atoms with E-state index in [-0.39, 0.29) is 17.2 Å². The highest BCUT2D eigenvalue weighted by atomic mass is 16.3. The number of aromatic hydroxyl groups is 1. The summed E-state index contributed by atoms with van der Waals surface area (Å²) >= 11 is 0. The normalized spacial score (nSPS) is 17.0. The van der Waals surface area contributed by atoms with Gasteiger partial charge in [-0.15, -0.1) is 0 Å². The molecule has 144 valence electrons. The van der Waals surface area contributed by atoms with Crippen molar-refractivity contribution in [3.8, 4) is 5.75 Å². The largest absolute Gasteiger partial charge is 0.507 e. The van der Waals surface area contributed by atoms with Crippen LogP contribution in [0.4, 0.5) is 0 Å². The molecule has 0 heterocycles. The van der Waals surface area contributed by atoms with Gasteiger partial charge in [0.15, 0.2) is 0 Å². The van der Waals surface area contributed by atoms with E-state index in [2.05, 4.69) is 10.5 Å². The smallest absolute Gasteiger partial charge is 0.275 e. The van der Waals surface area contributed by atoms with Crippen molar-refractivity contribution in [1.82, 2.24) is 5.43 Å². The van der Waals surface area contributed by atoms with Crippen LogP contribution in [-0.2, 0) is 0 Å². The molecule has 0 spiro atoms. The van der Waals surface area contributed by atoms with Gasteiger partial charge in [-0.3, -0.25) is 4.79 Å². The zero-order valence-corrected chi connectivity index (χ0v) is 16.0. The molecule has 0 unspecified atom stereocenters. The standard InChI is InChI=1S/C23H30N2O2/c26-22-17-19-13-11-10-12-18(19)16-21(22)23(27)25-24-20-14-8-6-4-2-1-3-5-7-9-15-20/h10-13,16-17,26H,1-9,14-15H2,(H,25,27). The molecule has 27 heavy (non-hydrogen) atoms. The van der Waals surface area contributed by atoms with E-state index >= 15 is 0 Å². The summed E-state index contributed by atoms with van der Waals surface area (Å²) in [6, 6.07) is 11.0. The minimum Gasteiger partial charge on any atom is -0.507 e. The van der Waals surface area contributed by atoms with Crippen LogP contribution in [0.25, 0.3) is 10.8 Å². The molecular formula is C23H30N2O2. The number of fused-ring (bicyclic) bond motifs is 1. The number of nitrogens with one attached hydrogen (secondary N) is 1. The van der Waals surface area contributed by atoms with Crippen LogP contribution < -0.4 is 5.43 Å². The summed E-state index contributed by atoms with van der Waals surface area (Å²) in [7, 11) is 0. The van der Waals surface area contributed by atoms with Crippen LogP contribution in [0, 0.1) is 0 Å². The molecule has 0 atom stereocenters. The number of carbonyl (C=O) groups is 1. The van der Waals surface area contributed by atoms with Gasteiger partial charge in [0.2, 0.25) is 0 Å². The van der Waals surface area contributed by atoms with Crippen molar-refractivity contribution >= 4 is 22.4 Å². The first-order valence-electron chi connectivity index (χ1n) is 10.3. The van der Waals surface area contributed by atoms with Crippen molar-refractivity contribution in [2.75, 3.05) is 0 Å². The molecule has 0 radical (unpaired) electrons. The molecule has 3 rings (SSSR count). The number of nitrogens with zero attached hydrogens (tertiary/aromatic N) is 1. The Labute approximate surface area is 161 Å². The molecule has 0 aromatic heterocycles. The molecule has 2 aromatic carbocycles. The van der Waals surface area contributed by atoms with E-state index in [1.54, 1.807) is 12.1 Å². The maximum absolute atomic E-state index is 12.6. The third kappa shape index (κ3) is 5.81. The van der Waals surface area contributed by atoms with Gasteiger partial charge >= 0.3 is 0 Å². The fraction of sp³-hybridized carbons (Fsp3) is 0.478. The van der Waals surface area contributed by atoms with E-state index in [0.717, 1.165) is 42.2 Å². The van der Waals surface area contributed by atoms with E-state index in [4.69, 9.17) is 0 Å². The van der Waals surface area contributed by atoms with Gasteiger partial charge in [0.25, 0.3) is 5.91 Å². The summed E-state index contributed by atoms with van der Waals surface area (Å²) in [5.74, 6) is -0.359. The summed E-state index contributed by atoms with van der Waals surface area (Å²) < 4.78 is 0. The van der Waals surface area contributed by atoms with Gasteiger partial charge in [-0.05, 0) is 48.6 Å². The second-order valence-corrected chi connectivity index (χ2v) is 7.52. The van der Waals surface area contributed by atoms with Crippen molar-refractivity contribution < 1.29 is 9.90 Å². The van der Waals surface area contributed by atoms with Gasteiger partial charge in [0.1, 0.15) is 5.75 Å². The lowest BCUT2D eigenvalue weighted by Gasteiger charge is -2.10. The topological polar surface area (TPSA) is 61.7 Å². The second kappa shape index (κ2) is 10.1. The number of hydrogen-bond donors (Lipinski definition) is 2. The molecule has 1 aliphatic carbocycles. The summed E-state index contributed by atoms with van der Waals surface area (Å²) in [6.45, 7) is 0. The van der Waals surface area contributed by atoms with Crippen molar-refractivity contribution in [3.05, 3.63) is 42.0 Å². The van der Waals surface area contributed by atoms with Crippen molar-refractivity contribution in [2.24, 2.45) is 5.10 Å². The lowest BCUT2D eigenvalue weighted by Crippen LogP contribution is -2.20. The number of hydrazone groups is 1. The van der Waals surface area contributed by atoms with Crippen LogP contribution in [0.3, 0.4) is 0 Å². The minimum absolute atomic E-state index is 0.00917. The molecule has 1 saturated carbocycles. The van der Waals surface area contributed by atoms with Gasteiger partial charge in [-0.1, -0.05) is 69.2 Å². The highest BCUT2D eigenvalue weighted by molar-refractivity contribution is 6.02. The van der Waals surface area contributed by atoms with Gasteiger partial charge in [0.05, 0.1) is 5.56 Å². The first-order valence-corrected chi connectivity index (χ1v) is 10.3. The molecule has 1 aliphatic rings. The SMILES string of the molecule is O=C(NN=C1CCCCCCCCCCC1)c1cc2ccccc2cc1O. The maximum Gasteiger partial charge on any atom is 0.275 e. The number of amides is 1. The molecule has 2 N–H and O–H groups in total. The molecule has 4 nitrogen and oxygen atoms in total. The van der Waals surface area contributed by atoms with Gasteiger partial charge in [0, 0.05) is 5.71 Å². The Bertz CT molecular complexity index is 784. The first kappa shape index (κ1) is 19.4. The number of phenolic OH excluding ortho intramolecular Hbond substituents is 1. The number of benzene rings is 2. The van der Waals surface area contributed by atoms with E-state index in [0.29, 0.717) is 0 Å². The van der Waals surface area contributed by atoms with Gasteiger partial charge in [-0.25, -0.2) is 5.43 Å². The van der Waals surface area contributed by atoms with Crippen LogP contribution in [-0.4, -0.2) is 16.7 Å². The summed E-state index contributed by atoms with van der Waals surface area (Å²) in [6.07, 6.45) is 13.3. The molecule has 2 aromatic rings. The number of carbonyl (C=O) groups excluding carboxylic acids is 1. The third-order valence-corrected chi connectivity index (χ3v) is 5.35. The minimum atomic E-state index is -0.350. The molecule has 0 saturated heterocycles. The maximum atomic E-state index is 12.6. The highest BCUT2D eigenvalue weighted by Crippen LogP contribution is 2.25. The summed E-state index contributed by atoms with van der Waals surface area (Å²) in [4.78, 5) is 12.6.